The molecule has 4 aromatic rings. The summed E-state index contributed by atoms with van der Waals surface area (Å²) >= 11 is 0. The Morgan fingerprint density at radius 3 is 2.61 bits per heavy atom. The van der Waals surface area contributed by atoms with Crippen molar-refractivity contribution in [3.63, 3.8) is 0 Å². The maximum absolute atomic E-state index is 12.4. The first-order valence-corrected chi connectivity index (χ1v) is 8.60. The molecule has 2 aromatic heterocycles. The molecule has 4 rings (SSSR count). The number of benzene rings is 2. The molecule has 1 amide bonds. The smallest absolute Gasteiger partial charge is 0.262 e. The maximum Gasteiger partial charge on any atom is 0.262 e. The van der Waals surface area contributed by atoms with Crippen LogP contribution in [0.5, 0.6) is 5.75 Å². The first-order chi connectivity index (χ1) is 13.7. The van der Waals surface area contributed by atoms with Crippen LogP contribution in [0.4, 0.5) is 0 Å². The number of rotatable bonds is 5. The van der Waals surface area contributed by atoms with Crippen LogP contribution in [0.25, 0.3) is 16.7 Å². The average molecular weight is 375 g/mol. The van der Waals surface area contributed by atoms with E-state index in [1.54, 1.807) is 36.1 Å². The molecule has 0 saturated heterocycles. The number of aromatic nitrogens is 4. The highest BCUT2D eigenvalue weighted by molar-refractivity contribution is 5.94. The molecule has 0 aliphatic rings. The van der Waals surface area contributed by atoms with Gasteiger partial charge in [-0.15, -0.1) is 0 Å². The van der Waals surface area contributed by atoms with Gasteiger partial charge >= 0.3 is 0 Å². The molecule has 0 aliphatic carbocycles. The summed E-state index contributed by atoms with van der Waals surface area (Å²) in [7, 11) is 1.56. The Morgan fingerprint density at radius 1 is 1.14 bits per heavy atom. The second-order valence-electron chi connectivity index (χ2n) is 6.05. The molecule has 140 valence electrons. The van der Waals surface area contributed by atoms with Crippen molar-refractivity contribution in [2.24, 2.45) is 0 Å². The van der Waals surface area contributed by atoms with Gasteiger partial charge in [0.15, 0.2) is 5.65 Å². The minimum Gasteiger partial charge on any atom is -0.497 e. The molecule has 0 atom stereocenters. The third-order valence-corrected chi connectivity index (χ3v) is 4.26. The van der Waals surface area contributed by atoms with E-state index in [4.69, 9.17) is 4.74 Å². The molecule has 8 heteroatoms. The predicted octanol–water partition coefficient (Wildman–Crippen LogP) is 2.05. The molecule has 0 unspecified atom stereocenters. The zero-order valence-electron chi connectivity index (χ0n) is 15.0. The van der Waals surface area contributed by atoms with Crippen LogP contribution in [0.15, 0.2) is 65.6 Å². The second-order valence-corrected chi connectivity index (χ2v) is 6.05. The molecule has 0 saturated carbocycles. The van der Waals surface area contributed by atoms with Crippen molar-refractivity contribution in [3.05, 3.63) is 82.5 Å². The SMILES string of the molecule is COc1ccc(C(=O)NCc2nc3c(cnn3-c3ccccc3)c(=O)[nH]2)cc1. The number of ether oxygens (including phenoxy) is 1. The lowest BCUT2D eigenvalue weighted by molar-refractivity contribution is 0.0950. The van der Waals surface area contributed by atoms with Gasteiger partial charge in [0.25, 0.3) is 11.5 Å². The number of amides is 1. The molecular weight excluding hydrogens is 358 g/mol. The number of para-hydroxylation sites is 1. The molecule has 8 nitrogen and oxygen atoms in total. The number of hydrogen-bond acceptors (Lipinski definition) is 5. The van der Waals surface area contributed by atoms with Gasteiger partial charge in [0.05, 0.1) is 25.5 Å². The van der Waals surface area contributed by atoms with Crippen LogP contribution in [0.2, 0.25) is 0 Å². The monoisotopic (exact) mass is 375 g/mol. The normalized spacial score (nSPS) is 10.8. The number of H-pyrrole nitrogens is 1. The van der Waals surface area contributed by atoms with Crippen LogP contribution in [0.3, 0.4) is 0 Å². The molecule has 0 bridgehead atoms. The van der Waals surface area contributed by atoms with Gasteiger partial charge in [-0.25, -0.2) is 9.67 Å². The number of hydrogen-bond donors (Lipinski definition) is 2. The number of methoxy groups -OCH3 is 1. The highest BCUT2D eigenvalue weighted by Crippen LogP contribution is 2.14. The van der Waals surface area contributed by atoms with Gasteiger partial charge in [-0.1, -0.05) is 18.2 Å². The van der Waals surface area contributed by atoms with Gasteiger partial charge in [0, 0.05) is 5.56 Å². The van der Waals surface area contributed by atoms with Crippen molar-refractivity contribution in [1.82, 2.24) is 25.1 Å². The number of aromatic amines is 1. The Bertz CT molecular complexity index is 1180. The Morgan fingerprint density at radius 2 is 1.89 bits per heavy atom. The molecule has 2 aromatic carbocycles. The van der Waals surface area contributed by atoms with Gasteiger partial charge in [-0.3, -0.25) is 9.59 Å². The summed E-state index contributed by atoms with van der Waals surface area (Å²) in [6.07, 6.45) is 1.48. The molecule has 0 fully saturated rings. The van der Waals surface area contributed by atoms with E-state index in [2.05, 4.69) is 20.4 Å². The van der Waals surface area contributed by atoms with Crippen molar-refractivity contribution in [3.8, 4) is 11.4 Å². The summed E-state index contributed by atoms with van der Waals surface area (Å²) in [6, 6.07) is 16.2. The fourth-order valence-corrected chi connectivity index (χ4v) is 2.81. The van der Waals surface area contributed by atoms with E-state index < -0.39 is 0 Å². The Balaban J connectivity index is 1.58. The van der Waals surface area contributed by atoms with E-state index in [9.17, 15) is 9.59 Å². The van der Waals surface area contributed by atoms with Crippen LogP contribution in [0.1, 0.15) is 16.2 Å². The number of fused-ring (bicyclic) bond motifs is 1. The average Bonchev–Trinajstić information content (AvgIpc) is 3.17. The summed E-state index contributed by atoms with van der Waals surface area (Å²) in [5, 5.41) is 7.40. The van der Waals surface area contributed by atoms with Gasteiger partial charge in [-0.05, 0) is 36.4 Å². The van der Waals surface area contributed by atoms with Gasteiger partial charge in [-0.2, -0.15) is 5.10 Å². The first-order valence-electron chi connectivity index (χ1n) is 8.60. The van der Waals surface area contributed by atoms with E-state index in [1.165, 1.54) is 6.20 Å². The zero-order valence-corrected chi connectivity index (χ0v) is 15.0. The van der Waals surface area contributed by atoms with Crippen LogP contribution >= 0.6 is 0 Å². The number of carbonyl (C=O) groups is 1. The van der Waals surface area contributed by atoms with Crippen molar-refractivity contribution < 1.29 is 9.53 Å². The number of carbonyl (C=O) groups excluding carboxylic acids is 1. The third-order valence-electron chi connectivity index (χ3n) is 4.26. The van der Waals surface area contributed by atoms with Crippen LogP contribution in [-0.2, 0) is 6.54 Å². The third kappa shape index (κ3) is 3.35. The largest absolute Gasteiger partial charge is 0.497 e. The van der Waals surface area contributed by atoms with Crippen LogP contribution in [0, 0.1) is 0 Å². The summed E-state index contributed by atoms with van der Waals surface area (Å²) in [6.45, 7) is 0.0794. The second kappa shape index (κ2) is 7.36. The van der Waals surface area contributed by atoms with Gasteiger partial charge < -0.3 is 15.0 Å². The molecular formula is C20H17N5O3. The minimum absolute atomic E-state index is 0.0794. The van der Waals surface area contributed by atoms with E-state index in [0.29, 0.717) is 28.2 Å². The van der Waals surface area contributed by atoms with Crippen LogP contribution in [-0.4, -0.2) is 32.8 Å². The molecule has 2 heterocycles. The number of nitrogens with one attached hydrogen (secondary N) is 2. The minimum atomic E-state index is -0.305. The highest BCUT2D eigenvalue weighted by Gasteiger charge is 2.12. The topological polar surface area (TPSA) is 102 Å². The zero-order chi connectivity index (χ0) is 19.5. The predicted molar refractivity (Wildman–Crippen MR) is 104 cm³/mol. The van der Waals surface area contributed by atoms with Crippen molar-refractivity contribution >= 4 is 16.9 Å². The molecule has 0 radical (unpaired) electrons. The quantitative estimate of drug-likeness (QED) is 0.556. The first kappa shape index (κ1) is 17.5. The Hall–Kier alpha value is -3.94. The lowest BCUT2D eigenvalue weighted by Crippen LogP contribution is -2.25. The van der Waals surface area contributed by atoms with E-state index in [-0.39, 0.29) is 18.0 Å². The fourth-order valence-electron chi connectivity index (χ4n) is 2.81. The van der Waals surface area contributed by atoms with Crippen LogP contribution < -0.4 is 15.6 Å². The molecule has 28 heavy (non-hydrogen) atoms. The lowest BCUT2D eigenvalue weighted by atomic mass is 10.2. The number of nitrogens with zero attached hydrogens (tertiary/aromatic N) is 3. The maximum atomic E-state index is 12.4. The van der Waals surface area contributed by atoms with Crippen molar-refractivity contribution in [2.45, 2.75) is 6.54 Å². The van der Waals surface area contributed by atoms with E-state index in [1.807, 2.05) is 30.3 Å². The summed E-state index contributed by atoms with van der Waals surface area (Å²) < 4.78 is 6.68. The standard InChI is InChI=1S/C20H17N5O3/c1-28-15-9-7-13(8-10-15)19(26)21-12-17-23-18-16(20(27)24-17)11-22-25(18)14-5-3-2-4-6-14/h2-11H,12H2,1H3,(H,21,26)(H,23,24,27). The lowest BCUT2D eigenvalue weighted by Gasteiger charge is -2.07. The Kier molecular flexibility index (Phi) is 4.59. The molecule has 0 spiro atoms. The van der Waals surface area contributed by atoms with Crippen molar-refractivity contribution in [2.75, 3.05) is 7.11 Å². The molecule has 0 aliphatic heterocycles. The highest BCUT2D eigenvalue weighted by atomic mass is 16.5. The van der Waals surface area contributed by atoms with Gasteiger partial charge in [0.1, 0.15) is 17.0 Å². The van der Waals surface area contributed by atoms with E-state index in [0.717, 1.165) is 5.69 Å². The Labute approximate surface area is 159 Å². The summed E-state index contributed by atoms with van der Waals surface area (Å²) in [4.78, 5) is 31.8. The van der Waals surface area contributed by atoms with Gasteiger partial charge in [0.2, 0.25) is 0 Å². The van der Waals surface area contributed by atoms with E-state index >= 15 is 0 Å². The molecule has 2 N–H and O–H groups in total. The fraction of sp³-hybridized carbons (Fsp3) is 0.100. The summed E-state index contributed by atoms with van der Waals surface area (Å²) in [5.74, 6) is 0.737. The summed E-state index contributed by atoms with van der Waals surface area (Å²) in [5.41, 5.74) is 1.41. The van der Waals surface area contributed by atoms with Crippen molar-refractivity contribution in [1.29, 1.82) is 0 Å².